The summed E-state index contributed by atoms with van der Waals surface area (Å²) in [4.78, 5) is 20.8. The van der Waals surface area contributed by atoms with E-state index in [2.05, 4.69) is 15.3 Å². The number of hydrogen-bond donors (Lipinski definition) is 1. The van der Waals surface area contributed by atoms with E-state index in [1.54, 1.807) is 37.6 Å². The summed E-state index contributed by atoms with van der Waals surface area (Å²) in [6.45, 7) is 3.85. The molecule has 6 nitrogen and oxygen atoms in total. The molecule has 0 saturated heterocycles. The lowest BCUT2D eigenvalue weighted by molar-refractivity contribution is 0.0943. The fraction of sp³-hybridized carbons (Fsp3) is 0.190. The summed E-state index contributed by atoms with van der Waals surface area (Å²) in [5, 5.41) is 2.86. The van der Waals surface area contributed by atoms with Gasteiger partial charge in [0, 0.05) is 35.5 Å². The highest BCUT2D eigenvalue weighted by Gasteiger charge is 2.09. The minimum Gasteiger partial charge on any atom is -0.497 e. The first-order valence-electron chi connectivity index (χ1n) is 8.61. The van der Waals surface area contributed by atoms with Crippen LogP contribution >= 0.6 is 0 Å². The molecule has 138 valence electrons. The lowest BCUT2D eigenvalue weighted by Gasteiger charge is -2.09. The molecule has 27 heavy (non-hydrogen) atoms. The van der Waals surface area contributed by atoms with Crippen LogP contribution in [0.1, 0.15) is 24.2 Å². The smallest absolute Gasteiger partial charge is 0.251 e. The third-order valence-electron chi connectivity index (χ3n) is 3.72. The van der Waals surface area contributed by atoms with Crippen molar-refractivity contribution in [2.75, 3.05) is 7.11 Å². The highest BCUT2D eigenvalue weighted by Crippen LogP contribution is 2.25. The van der Waals surface area contributed by atoms with E-state index in [9.17, 15) is 4.79 Å². The van der Waals surface area contributed by atoms with Crippen molar-refractivity contribution in [1.29, 1.82) is 0 Å². The molecule has 2 aromatic carbocycles. The molecule has 0 spiro atoms. The molecule has 3 aromatic rings. The van der Waals surface area contributed by atoms with Crippen LogP contribution in [0.25, 0.3) is 11.4 Å². The molecule has 0 aliphatic heterocycles. The van der Waals surface area contributed by atoms with Crippen LogP contribution in [0.15, 0.2) is 60.8 Å². The first kappa shape index (κ1) is 18.4. The van der Waals surface area contributed by atoms with Gasteiger partial charge >= 0.3 is 0 Å². The van der Waals surface area contributed by atoms with Crippen LogP contribution in [0, 0.1) is 0 Å². The minimum atomic E-state index is -0.104. The molecule has 0 aliphatic carbocycles. The zero-order chi connectivity index (χ0) is 19.2. The monoisotopic (exact) mass is 363 g/mol. The van der Waals surface area contributed by atoms with Gasteiger partial charge in [-0.05, 0) is 38.1 Å². The fourth-order valence-electron chi connectivity index (χ4n) is 2.44. The highest BCUT2D eigenvalue weighted by atomic mass is 16.5. The Hall–Kier alpha value is -3.41. The Balaban J connectivity index is 1.77. The molecular formula is C21H21N3O3. The van der Waals surface area contributed by atoms with Gasteiger partial charge in [-0.3, -0.25) is 4.79 Å². The predicted molar refractivity (Wildman–Crippen MR) is 103 cm³/mol. The second-order valence-electron chi connectivity index (χ2n) is 6.21. The number of hydrogen-bond acceptors (Lipinski definition) is 5. The summed E-state index contributed by atoms with van der Waals surface area (Å²) in [7, 11) is 1.60. The Morgan fingerprint density at radius 1 is 1.04 bits per heavy atom. The SMILES string of the molecule is COc1cccc(Oc2ccnc(-c3ccc(C(=O)NC(C)C)cc3)n2)c1. The van der Waals surface area contributed by atoms with E-state index in [0.717, 1.165) is 5.56 Å². The lowest BCUT2D eigenvalue weighted by atomic mass is 10.1. The molecule has 0 aliphatic rings. The molecule has 0 fully saturated rings. The summed E-state index contributed by atoms with van der Waals surface area (Å²) in [5.41, 5.74) is 1.39. The summed E-state index contributed by atoms with van der Waals surface area (Å²) >= 11 is 0. The average molecular weight is 363 g/mol. The molecule has 1 aromatic heterocycles. The van der Waals surface area contributed by atoms with Crippen molar-refractivity contribution < 1.29 is 14.3 Å². The van der Waals surface area contributed by atoms with Crippen molar-refractivity contribution in [3.8, 4) is 28.8 Å². The van der Waals surface area contributed by atoms with Gasteiger partial charge in [0.2, 0.25) is 5.88 Å². The van der Waals surface area contributed by atoms with Gasteiger partial charge in [-0.2, -0.15) is 4.98 Å². The standard InChI is InChI=1S/C21H21N3O3/c1-14(2)23-21(25)16-9-7-15(8-10-16)20-22-12-11-19(24-20)27-18-6-4-5-17(13-18)26-3/h4-14H,1-3H3,(H,23,25). The third kappa shape index (κ3) is 4.82. The van der Waals surface area contributed by atoms with Crippen molar-refractivity contribution >= 4 is 5.91 Å². The summed E-state index contributed by atoms with van der Waals surface area (Å²) in [6.07, 6.45) is 1.64. The topological polar surface area (TPSA) is 73.3 Å². The van der Waals surface area contributed by atoms with Gasteiger partial charge in [0.05, 0.1) is 7.11 Å². The van der Waals surface area contributed by atoms with Crippen molar-refractivity contribution in [2.45, 2.75) is 19.9 Å². The molecule has 0 atom stereocenters. The van der Waals surface area contributed by atoms with Gasteiger partial charge in [-0.1, -0.05) is 18.2 Å². The van der Waals surface area contributed by atoms with Crippen molar-refractivity contribution in [3.05, 3.63) is 66.4 Å². The maximum absolute atomic E-state index is 12.0. The molecule has 1 heterocycles. The van der Waals surface area contributed by atoms with E-state index in [0.29, 0.717) is 28.8 Å². The molecule has 1 amide bonds. The number of nitrogens with zero attached hydrogens (tertiary/aromatic N) is 2. The van der Waals surface area contributed by atoms with Gasteiger partial charge < -0.3 is 14.8 Å². The normalized spacial score (nSPS) is 10.5. The molecular weight excluding hydrogens is 342 g/mol. The lowest BCUT2D eigenvalue weighted by Crippen LogP contribution is -2.29. The van der Waals surface area contributed by atoms with Gasteiger partial charge in [0.15, 0.2) is 5.82 Å². The minimum absolute atomic E-state index is 0.0888. The predicted octanol–water partition coefficient (Wildman–Crippen LogP) is 4.08. The van der Waals surface area contributed by atoms with Crippen LogP contribution in [-0.4, -0.2) is 29.0 Å². The average Bonchev–Trinajstić information content (AvgIpc) is 2.68. The molecule has 0 bridgehead atoms. The number of methoxy groups -OCH3 is 1. The maximum Gasteiger partial charge on any atom is 0.251 e. The maximum atomic E-state index is 12.0. The van der Waals surface area contributed by atoms with Crippen LogP contribution in [0.5, 0.6) is 17.4 Å². The van der Waals surface area contributed by atoms with Crippen LogP contribution in [-0.2, 0) is 0 Å². The molecule has 6 heteroatoms. The van der Waals surface area contributed by atoms with Crippen LogP contribution in [0.3, 0.4) is 0 Å². The van der Waals surface area contributed by atoms with E-state index in [4.69, 9.17) is 9.47 Å². The number of aromatic nitrogens is 2. The van der Waals surface area contributed by atoms with Crippen LogP contribution in [0.2, 0.25) is 0 Å². The number of carbonyl (C=O) groups excluding carboxylic acids is 1. The number of nitrogens with one attached hydrogen (secondary N) is 1. The van der Waals surface area contributed by atoms with Crippen molar-refractivity contribution in [1.82, 2.24) is 15.3 Å². The van der Waals surface area contributed by atoms with E-state index >= 15 is 0 Å². The van der Waals surface area contributed by atoms with Gasteiger partial charge in [0.25, 0.3) is 5.91 Å². The highest BCUT2D eigenvalue weighted by molar-refractivity contribution is 5.94. The summed E-state index contributed by atoms with van der Waals surface area (Å²) in [5.74, 6) is 2.17. The van der Waals surface area contributed by atoms with E-state index < -0.39 is 0 Å². The Morgan fingerprint density at radius 2 is 1.78 bits per heavy atom. The van der Waals surface area contributed by atoms with E-state index in [-0.39, 0.29) is 11.9 Å². The zero-order valence-electron chi connectivity index (χ0n) is 15.5. The third-order valence-corrected chi connectivity index (χ3v) is 3.72. The summed E-state index contributed by atoms with van der Waals surface area (Å²) in [6, 6.07) is 16.2. The zero-order valence-corrected chi connectivity index (χ0v) is 15.5. The summed E-state index contributed by atoms with van der Waals surface area (Å²) < 4.78 is 11.0. The van der Waals surface area contributed by atoms with Gasteiger partial charge in [-0.15, -0.1) is 0 Å². The number of ether oxygens (including phenoxy) is 2. The van der Waals surface area contributed by atoms with E-state index in [1.165, 1.54) is 0 Å². The van der Waals surface area contributed by atoms with E-state index in [1.807, 2.05) is 44.2 Å². The second-order valence-corrected chi connectivity index (χ2v) is 6.21. The Morgan fingerprint density at radius 3 is 2.48 bits per heavy atom. The second kappa shape index (κ2) is 8.31. The Labute approximate surface area is 158 Å². The largest absolute Gasteiger partial charge is 0.497 e. The van der Waals surface area contributed by atoms with Crippen LogP contribution in [0.4, 0.5) is 0 Å². The molecule has 0 radical (unpaired) electrons. The van der Waals surface area contributed by atoms with Crippen molar-refractivity contribution in [3.63, 3.8) is 0 Å². The number of carbonyl (C=O) groups is 1. The Kier molecular flexibility index (Phi) is 5.66. The van der Waals surface area contributed by atoms with Crippen molar-refractivity contribution in [2.24, 2.45) is 0 Å². The first-order valence-corrected chi connectivity index (χ1v) is 8.61. The quantitative estimate of drug-likeness (QED) is 0.714. The molecule has 0 unspecified atom stereocenters. The fourth-order valence-corrected chi connectivity index (χ4v) is 2.44. The van der Waals surface area contributed by atoms with Gasteiger partial charge in [-0.25, -0.2) is 4.98 Å². The Bertz CT molecular complexity index is 924. The van der Waals surface area contributed by atoms with Crippen LogP contribution < -0.4 is 14.8 Å². The molecule has 3 rings (SSSR count). The molecule has 0 saturated carbocycles. The number of amides is 1. The molecule has 1 N–H and O–H groups in total. The van der Waals surface area contributed by atoms with Gasteiger partial charge in [0.1, 0.15) is 11.5 Å². The first-order chi connectivity index (χ1) is 13.0. The number of rotatable bonds is 6. The number of benzene rings is 2.